The van der Waals surface area contributed by atoms with Crippen LogP contribution in [-0.2, 0) is 16.1 Å². The highest BCUT2D eigenvalue weighted by Crippen LogP contribution is 2.19. The van der Waals surface area contributed by atoms with Crippen LogP contribution >= 0.6 is 0 Å². The van der Waals surface area contributed by atoms with Gasteiger partial charge in [0.05, 0.1) is 19.1 Å². The van der Waals surface area contributed by atoms with Gasteiger partial charge in [-0.3, -0.25) is 9.59 Å². The number of nitrogens with zero attached hydrogens (tertiary/aromatic N) is 1. The van der Waals surface area contributed by atoms with Crippen LogP contribution in [0.5, 0.6) is 5.75 Å². The van der Waals surface area contributed by atoms with E-state index >= 15 is 0 Å². The topological polar surface area (TPSA) is 58.6 Å². The van der Waals surface area contributed by atoms with Gasteiger partial charge in [-0.1, -0.05) is 42.5 Å². The number of carbonyl (C=O) groups excluding carboxylic acids is 2. The number of ether oxygens (including phenoxy) is 1. The van der Waals surface area contributed by atoms with Crippen LogP contribution in [0.3, 0.4) is 0 Å². The molecular weight excluding hydrogens is 328 g/mol. The SMILES string of the molecule is CCOc1ccc(CN(C)C(=O)CC(NC(C)=O)c2ccccc2)cc1. The highest BCUT2D eigenvalue weighted by molar-refractivity contribution is 5.79. The van der Waals surface area contributed by atoms with Crippen molar-refractivity contribution in [1.82, 2.24) is 10.2 Å². The Balaban J connectivity index is 2.00. The Labute approximate surface area is 155 Å². The van der Waals surface area contributed by atoms with Crippen molar-refractivity contribution in [1.29, 1.82) is 0 Å². The maximum Gasteiger partial charge on any atom is 0.225 e. The molecule has 0 fully saturated rings. The van der Waals surface area contributed by atoms with Crippen LogP contribution in [0.15, 0.2) is 54.6 Å². The van der Waals surface area contributed by atoms with Gasteiger partial charge in [-0.15, -0.1) is 0 Å². The summed E-state index contributed by atoms with van der Waals surface area (Å²) in [6.07, 6.45) is 0.219. The van der Waals surface area contributed by atoms with Crippen molar-refractivity contribution in [2.45, 2.75) is 32.9 Å². The fourth-order valence-electron chi connectivity index (χ4n) is 2.73. The maximum atomic E-state index is 12.6. The molecule has 1 unspecified atom stereocenters. The minimum atomic E-state index is -0.330. The lowest BCUT2D eigenvalue weighted by molar-refractivity contribution is -0.131. The number of hydrogen-bond acceptors (Lipinski definition) is 3. The number of nitrogens with one attached hydrogen (secondary N) is 1. The summed E-state index contributed by atoms with van der Waals surface area (Å²) < 4.78 is 5.43. The quantitative estimate of drug-likeness (QED) is 0.791. The van der Waals surface area contributed by atoms with Gasteiger partial charge in [0.1, 0.15) is 5.75 Å². The predicted octanol–water partition coefficient (Wildman–Crippen LogP) is 3.31. The zero-order valence-electron chi connectivity index (χ0n) is 15.6. The lowest BCUT2D eigenvalue weighted by Crippen LogP contribution is -2.33. The number of carbonyl (C=O) groups is 2. The number of rotatable bonds is 8. The first-order chi connectivity index (χ1) is 12.5. The monoisotopic (exact) mass is 354 g/mol. The van der Waals surface area contributed by atoms with Crippen molar-refractivity contribution in [3.05, 3.63) is 65.7 Å². The molecule has 2 rings (SSSR count). The molecule has 0 heterocycles. The van der Waals surface area contributed by atoms with Crippen LogP contribution in [0.1, 0.15) is 37.4 Å². The summed E-state index contributed by atoms with van der Waals surface area (Å²) in [7, 11) is 1.77. The molecule has 26 heavy (non-hydrogen) atoms. The van der Waals surface area contributed by atoms with Crippen molar-refractivity contribution in [2.75, 3.05) is 13.7 Å². The molecule has 2 aromatic rings. The van der Waals surface area contributed by atoms with Gasteiger partial charge in [0.25, 0.3) is 0 Å². The Morgan fingerprint density at radius 2 is 1.73 bits per heavy atom. The third kappa shape index (κ3) is 5.92. The van der Waals surface area contributed by atoms with Crippen LogP contribution in [0, 0.1) is 0 Å². The second-order valence-electron chi connectivity index (χ2n) is 6.19. The molecular formula is C21H26N2O3. The first kappa shape index (κ1) is 19.5. The molecule has 1 N–H and O–H groups in total. The fraction of sp³-hybridized carbons (Fsp3) is 0.333. The summed E-state index contributed by atoms with van der Waals surface area (Å²) in [5.41, 5.74) is 1.95. The minimum Gasteiger partial charge on any atom is -0.494 e. The summed E-state index contributed by atoms with van der Waals surface area (Å²) in [6.45, 7) is 4.54. The summed E-state index contributed by atoms with van der Waals surface area (Å²) in [6, 6.07) is 16.9. The standard InChI is InChI=1S/C21H26N2O3/c1-4-26-19-12-10-17(11-13-19)15-23(3)21(25)14-20(22-16(2)24)18-8-6-5-7-9-18/h5-13,20H,4,14-15H2,1-3H3,(H,22,24). The minimum absolute atomic E-state index is 0.0264. The van der Waals surface area contributed by atoms with Gasteiger partial charge < -0.3 is 15.0 Å². The van der Waals surface area contributed by atoms with Crippen LogP contribution in [0.25, 0.3) is 0 Å². The normalized spacial score (nSPS) is 11.5. The first-order valence-corrected chi connectivity index (χ1v) is 8.77. The van der Waals surface area contributed by atoms with Crippen molar-refractivity contribution in [3.63, 3.8) is 0 Å². The van der Waals surface area contributed by atoms with Gasteiger partial charge in [0.15, 0.2) is 0 Å². The lowest BCUT2D eigenvalue weighted by Gasteiger charge is -2.23. The van der Waals surface area contributed by atoms with Gasteiger partial charge in [-0.2, -0.15) is 0 Å². The highest BCUT2D eigenvalue weighted by atomic mass is 16.5. The molecule has 2 amide bonds. The van der Waals surface area contributed by atoms with Gasteiger partial charge in [0.2, 0.25) is 11.8 Å². The number of benzene rings is 2. The fourth-order valence-corrected chi connectivity index (χ4v) is 2.73. The average molecular weight is 354 g/mol. The summed E-state index contributed by atoms with van der Waals surface area (Å²) in [5.74, 6) is 0.641. The van der Waals surface area contributed by atoms with E-state index in [-0.39, 0.29) is 24.3 Å². The van der Waals surface area contributed by atoms with E-state index in [4.69, 9.17) is 4.74 Å². The second-order valence-corrected chi connectivity index (χ2v) is 6.19. The summed E-state index contributed by atoms with van der Waals surface area (Å²) in [5, 5.41) is 2.86. The molecule has 5 nitrogen and oxygen atoms in total. The lowest BCUT2D eigenvalue weighted by atomic mass is 10.0. The van der Waals surface area contributed by atoms with Crippen molar-refractivity contribution in [2.24, 2.45) is 0 Å². The van der Waals surface area contributed by atoms with E-state index in [1.54, 1.807) is 11.9 Å². The molecule has 0 radical (unpaired) electrons. The highest BCUT2D eigenvalue weighted by Gasteiger charge is 2.19. The van der Waals surface area contributed by atoms with Crippen molar-refractivity contribution >= 4 is 11.8 Å². The average Bonchev–Trinajstić information content (AvgIpc) is 2.63. The molecule has 0 saturated carbocycles. The molecule has 0 aliphatic carbocycles. The number of amides is 2. The molecule has 0 aromatic heterocycles. The smallest absolute Gasteiger partial charge is 0.225 e. The van der Waals surface area contributed by atoms with E-state index in [0.29, 0.717) is 13.2 Å². The van der Waals surface area contributed by atoms with Crippen LogP contribution in [-0.4, -0.2) is 30.4 Å². The Hall–Kier alpha value is -2.82. The zero-order chi connectivity index (χ0) is 18.9. The summed E-state index contributed by atoms with van der Waals surface area (Å²) in [4.78, 5) is 25.8. The van der Waals surface area contributed by atoms with E-state index in [9.17, 15) is 9.59 Å². The largest absolute Gasteiger partial charge is 0.494 e. The Morgan fingerprint density at radius 1 is 1.08 bits per heavy atom. The van der Waals surface area contributed by atoms with Crippen LogP contribution in [0.2, 0.25) is 0 Å². The van der Waals surface area contributed by atoms with Crippen LogP contribution < -0.4 is 10.1 Å². The van der Waals surface area contributed by atoms with Gasteiger partial charge >= 0.3 is 0 Å². The third-order valence-corrected chi connectivity index (χ3v) is 4.04. The second kappa shape index (κ2) is 9.61. The third-order valence-electron chi connectivity index (χ3n) is 4.04. The van der Waals surface area contributed by atoms with Crippen molar-refractivity contribution in [3.8, 4) is 5.75 Å². The van der Waals surface area contributed by atoms with E-state index in [0.717, 1.165) is 16.9 Å². The molecule has 0 bridgehead atoms. The van der Waals surface area contributed by atoms with Crippen LogP contribution in [0.4, 0.5) is 0 Å². The Bertz CT molecular complexity index is 714. The van der Waals surface area contributed by atoms with Gasteiger partial charge in [-0.25, -0.2) is 0 Å². The molecule has 0 aliphatic rings. The molecule has 138 valence electrons. The Kier molecular flexibility index (Phi) is 7.21. The number of hydrogen-bond donors (Lipinski definition) is 1. The molecule has 2 aromatic carbocycles. The van der Waals surface area contributed by atoms with E-state index in [1.165, 1.54) is 6.92 Å². The molecule has 1 atom stereocenters. The van der Waals surface area contributed by atoms with E-state index in [2.05, 4.69) is 5.32 Å². The van der Waals surface area contributed by atoms with Gasteiger partial charge in [-0.05, 0) is 30.2 Å². The molecule has 5 heteroatoms. The molecule has 0 spiro atoms. The molecule has 0 saturated heterocycles. The van der Waals surface area contributed by atoms with E-state index < -0.39 is 0 Å². The molecule has 0 aliphatic heterocycles. The van der Waals surface area contributed by atoms with Gasteiger partial charge in [0, 0.05) is 20.5 Å². The predicted molar refractivity (Wildman–Crippen MR) is 102 cm³/mol. The maximum absolute atomic E-state index is 12.6. The zero-order valence-corrected chi connectivity index (χ0v) is 15.6. The van der Waals surface area contributed by atoms with E-state index in [1.807, 2.05) is 61.5 Å². The Morgan fingerprint density at radius 3 is 2.31 bits per heavy atom. The first-order valence-electron chi connectivity index (χ1n) is 8.77. The summed E-state index contributed by atoms with van der Waals surface area (Å²) >= 11 is 0. The van der Waals surface area contributed by atoms with Crippen molar-refractivity contribution < 1.29 is 14.3 Å².